The van der Waals surface area contributed by atoms with Crippen molar-refractivity contribution in [1.82, 2.24) is 20.4 Å². The van der Waals surface area contributed by atoms with Crippen LogP contribution in [0.1, 0.15) is 60.1 Å². The summed E-state index contributed by atoms with van der Waals surface area (Å²) < 4.78 is 5.37. The van der Waals surface area contributed by atoms with E-state index < -0.39 is 0 Å². The number of halogens is 1. The lowest BCUT2D eigenvalue weighted by Gasteiger charge is -2.41. The molecule has 1 aromatic heterocycles. The van der Waals surface area contributed by atoms with Gasteiger partial charge in [-0.2, -0.15) is 5.10 Å². The average molecular weight is 543 g/mol. The summed E-state index contributed by atoms with van der Waals surface area (Å²) in [6.07, 6.45) is 2.37. The molecule has 1 amide bonds. The van der Waals surface area contributed by atoms with E-state index in [1.165, 1.54) is 18.4 Å². The van der Waals surface area contributed by atoms with Crippen LogP contribution in [0.4, 0.5) is 0 Å². The highest BCUT2D eigenvalue weighted by molar-refractivity contribution is 6.31. The molecule has 0 radical (unpaired) electrons. The Hall–Kier alpha value is -3.19. The Kier molecular flexibility index (Phi) is 7.43. The number of nitrogens with zero attached hydrogens (tertiary/aromatic N) is 2. The van der Waals surface area contributed by atoms with Crippen molar-refractivity contribution in [3.8, 4) is 11.3 Å². The molecule has 2 saturated heterocycles. The molecule has 3 heterocycles. The van der Waals surface area contributed by atoms with Crippen LogP contribution in [0.3, 0.4) is 0 Å². The highest BCUT2D eigenvalue weighted by Crippen LogP contribution is 2.33. The number of piperidine rings is 1. The number of hydrogen-bond acceptors (Lipinski definition) is 4. The fourth-order valence-corrected chi connectivity index (χ4v) is 6.13. The predicted molar refractivity (Wildman–Crippen MR) is 156 cm³/mol. The molecular formula is C32H35ClN4O2. The van der Waals surface area contributed by atoms with Crippen molar-refractivity contribution >= 4 is 28.4 Å². The van der Waals surface area contributed by atoms with Gasteiger partial charge in [0, 0.05) is 21.5 Å². The maximum Gasteiger partial charge on any atom is 0.251 e. The van der Waals surface area contributed by atoms with Crippen molar-refractivity contribution in [2.75, 3.05) is 26.3 Å². The molecule has 6 rings (SSSR count). The zero-order valence-electron chi connectivity index (χ0n) is 22.5. The second-order valence-electron chi connectivity index (χ2n) is 11.2. The molecule has 0 unspecified atom stereocenters. The van der Waals surface area contributed by atoms with Gasteiger partial charge in [0.25, 0.3) is 5.91 Å². The van der Waals surface area contributed by atoms with Crippen LogP contribution in [0.5, 0.6) is 0 Å². The molecule has 7 heteroatoms. The van der Waals surface area contributed by atoms with E-state index in [-0.39, 0.29) is 17.9 Å². The minimum Gasteiger partial charge on any atom is -0.378 e. The smallest absolute Gasteiger partial charge is 0.251 e. The van der Waals surface area contributed by atoms with E-state index in [1.54, 1.807) is 0 Å². The second kappa shape index (κ2) is 11.1. The van der Waals surface area contributed by atoms with Gasteiger partial charge in [-0.25, -0.2) is 0 Å². The average Bonchev–Trinajstić information content (AvgIpc) is 3.35. The molecule has 6 nitrogen and oxygen atoms in total. The number of carbonyl (C=O) groups excluding carboxylic acids is 1. The molecule has 2 N–H and O–H groups in total. The van der Waals surface area contributed by atoms with Gasteiger partial charge in [0.05, 0.1) is 36.5 Å². The second-order valence-corrected chi connectivity index (χ2v) is 11.6. The zero-order valence-corrected chi connectivity index (χ0v) is 23.2. The van der Waals surface area contributed by atoms with E-state index in [2.05, 4.69) is 58.5 Å². The number of H-pyrrole nitrogens is 1. The minimum absolute atomic E-state index is 0.127. The number of carbonyl (C=O) groups is 1. The van der Waals surface area contributed by atoms with Gasteiger partial charge in [-0.1, -0.05) is 67.9 Å². The van der Waals surface area contributed by atoms with Gasteiger partial charge in [-0.3, -0.25) is 14.8 Å². The predicted octanol–water partition coefficient (Wildman–Crippen LogP) is 6.59. The van der Waals surface area contributed by atoms with Crippen LogP contribution >= 0.6 is 11.6 Å². The van der Waals surface area contributed by atoms with Crippen molar-refractivity contribution < 1.29 is 9.53 Å². The number of likely N-dealkylation sites (tertiary alicyclic amines) is 1. The Balaban J connectivity index is 1.19. The number of aromatic amines is 1. The number of fused-ring (bicyclic) bond motifs is 1. The molecule has 1 atom stereocenters. The van der Waals surface area contributed by atoms with E-state index >= 15 is 0 Å². The number of rotatable bonds is 7. The Bertz CT molecular complexity index is 1450. The summed E-state index contributed by atoms with van der Waals surface area (Å²) in [7, 11) is 0. The van der Waals surface area contributed by atoms with E-state index in [9.17, 15) is 4.79 Å². The van der Waals surface area contributed by atoms with Gasteiger partial charge in [0.2, 0.25) is 0 Å². The van der Waals surface area contributed by atoms with Gasteiger partial charge < -0.3 is 10.1 Å². The lowest BCUT2D eigenvalue weighted by molar-refractivity contribution is -0.0712. The van der Waals surface area contributed by atoms with Crippen LogP contribution in [0.15, 0.2) is 66.7 Å². The van der Waals surface area contributed by atoms with Gasteiger partial charge in [-0.15, -0.1) is 0 Å². The summed E-state index contributed by atoms with van der Waals surface area (Å²) in [4.78, 5) is 15.9. The van der Waals surface area contributed by atoms with Crippen LogP contribution in [-0.2, 0) is 4.74 Å². The topological polar surface area (TPSA) is 70.2 Å². The van der Waals surface area contributed by atoms with Crippen molar-refractivity contribution in [2.45, 2.75) is 44.7 Å². The Labute approximate surface area is 234 Å². The van der Waals surface area contributed by atoms with Crippen molar-refractivity contribution in [3.05, 3.63) is 88.4 Å². The molecule has 2 aliphatic rings. The Morgan fingerprint density at radius 2 is 1.79 bits per heavy atom. The molecule has 0 aliphatic carbocycles. The van der Waals surface area contributed by atoms with Crippen LogP contribution in [0.2, 0.25) is 5.02 Å². The molecule has 0 bridgehead atoms. The Morgan fingerprint density at radius 3 is 2.46 bits per heavy atom. The lowest BCUT2D eigenvalue weighted by Crippen LogP contribution is -2.51. The first-order valence-corrected chi connectivity index (χ1v) is 14.3. The van der Waals surface area contributed by atoms with E-state index in [0.717, 1.165) is 54.0 Å². The van der Waals surface area contributed by atoms with Crippen LogP contribution < -0.4 is 5.32 Å². The fraction of sp³-hybridized carbons (Fsp3) is 0.375. The first kappa shape index (κ1) is 26.1. The number of hydrogen-bond donors (Lipinski definition) is 2. The highest BCUT2D eigenvalue weighted by Gasteiger charge is 2.30. The molecule has 3 aromatic carbocycles. The monoisotopic (exact) mass is 542 g/mol. The molecule has 2 aliphatic heterocycles. The molecule has 39 heavy (non-hydrogen) atoms. The number of amides is 1. The summed E-state index contributed by atoms with van der Waals surface area (Å²) in [5.74, 6) is 0.646. The zero-order chi connectivity index (χ0) is 26.9. The SMILES string of the molecule is CC(C)[C@H](NC(=O)c1ccc2[nH]nc(-c3ccc(C4CCN(C5COC5)CC4)cc3)c2c1)c1ccccc1Cl. The molecule has 2 fully saturated rings. The number of nitrogens with one attached hydrogen (secondary N) is 2. The van der Waals surface area contributed by atoms with Crippen molar-refractivity contribution in [3.63, 3.8) is 0 Å². The van der Waals surface area contributed by atoms with Gasteiger partial charge in [-0.05, 0) is 73.2 Å². The normalized spacial score (nSPS) is 17.8. The van der Waals surface area contributed by atoms with Crippen LogP contribution in [0, 0.1) is 5.92 Å². The van der Waals surface area contributed by atoms with E-state index in [1.807, 2.05) is 42.5 Å². The van der Waals surface area contributed by atoms with E-state index in [0.29, 0.717) is 22.5 Å². The van der Waals surface area contributed by atoms with Crippen molar-refractivity contribution in [2.24, 2.45) is 5.92 Å². The molecule has 4 aromatic rings. The third-order valence-corrected chi connectivity index (χ3v) is 8.68. The standard InChI is InChI=1S/C32H35ClN4O2/c1-20(2)30(26-5-3-4-6-28(26)33)34-32(38)24-11-12-29-27(17-24)31(36-35-29)23-9-7-21(8-10-23)22-13-15-37(16-14-22)25-18-39-19-25/h3-12,17,20,22,25,30H,13-16,18-19H2,1-2H3,(H,34,38)(H,35,36)/t30-/m0/s1. The first-order valence-electron chi connectivity index (χ1n) is 13.9. The van der Waals surface area contributed by atoms with Crippen LogP contribution in [0.25, 0.3) is 22.2 Å². The van der Waals surface area contributed by atoms with Gasteiger partial charge in [0.1, 0.15) is 0 Å². The van der Waals surface area contributed by atoms with Crippen molar-refractivity contribution in [1.29, 1.82) is 0 Å². The molecule has 0 saturated carbocycles. The van der Waals surface area contributed by atoms with Gasteiger partial charge >= 0.3 is 0 Å². The summed E-state index contributed by atoms with van der Waals surface area (Å²) in [5.41, 5.74) is 5.73. The maximum absolute atomic E-state index is 13.4. The molecule has 0 spiro atoms. The van der Waals surface area contributed by atoms with Crippen LogP contribution in [-0.4, -0.2) is 53.3 Å². The lowest BCUT2D eigenvalue weighted by atomic mass is 9.88. The molecule has 202 valence electrons. The summed E-state index contributed by atoms with van der Waals surface area (Å²) in [6.45, 7) is 8.23. The number of aromatic nitrogens is 2. The Morgan fingerprint density at radius 1 is 1.05 bits per heavy atom. The fourth-order valence-electron chi connectivity index (χ4n) is 5.88. The highest BCUT2D eigenvalue weighted by atomic mass is 35.5. The summed E-state index contributed by atoms with van der Waals surface area (Å²) >= 11 is 6.46. The number of ether oxygens (including phenoxy) is 1. The third kappa shape index (κ3) is 5.33. The quantitative estimate of drug-likeness (QED) is 0.276. The molecular weight excluding hydrogens is 508 g/mol. The summed E-state index contributed by atoms with van der Waals surface area (Å²) in [6, 6.07) is 22.6. The third-order valence-electron chi connectivity index (χ3n) is 8.34. The maximum atomic E-state index is 13.4. The number of benzene rings is 3. The summed E-state index contributed by atoms with van der Waals surface area (Å²) in [5, 5.41) is 12.5. The first-order chi connectivity index (χ1) is 19.0. The minimum atomic E-state index is -0.188. The van der Waals surface area contributed by atoms with Gasteiger partial charge in [0.15, 0.2) is 0 Å². The largest absolute Gasteiger partial charge is 0.378 e. The van der Waals surface area contributed by atoms with E-state index in [4.69, 9.17) is 16.3 Å².